The Kier molecular flexibility index (Phi) is 3.51. The van der Waals surface area contributed by atoms with Crippen molar-refractivity contribution >= 4 is 15.9 Å². The minimum atomic E-state index is -0.307. The summed E-state index contributed by atoms with van der Waals surface area (Å²) >= 11 is 3.54. The van der Waals surface area contributed by atoms with E-state index in [1.165, 1.54) is 11.1 Å². The molecule has 0 bridgehead atoms. The highest BCUT2D eigenvalue weighted by Crippen LogP contribution is 2.29. The van der Waals surface area contributed by atoms with Crippen molar-refractivity contribution in [3.63, 3.8) is 0 Å². The fraction of sp³-hybridized carbons (Fsp3) is 0.455. The molecule has 0 spiro atoms. The van der Waals surface area contributed by atoms with E-state index in [1.807, 2.05) is 19.9 Å². The van der Waals surface area contributed by atoms with E-state index in [0.717, 1.165) is 4.47 Å². The van der Waals surface area contributed by atoms with Gasteiger partial charge >= 0.3 is 0 Å². The van der Waals surface area contributed by atoms with Gasteiger partial charge in [-0.15, -0.1) is 0 Å². The van der Waals surface area contributed by atoms with E-state index < -0.39 is 0 Å². The average molecular weight is 243 g/mol. The maximum Gasteiger partial charge on any atom is 0.0578 e. The van der Waals surface area contributed by atoms with Gasteiger partial charge < -0.3 is 5.11 Å². The summed E-state index contributed by atoms with van der Waals surface area (Å²) in [4.78, 5) is 0. The summed E-state index contributed by atoms with van der Waals surface area (Å²) in [6, 6.07) is 6.13. The number of aliphatic hydroxyl groups excluding tert-OH is 1. The fourth-order valence-corrected chi connectivity index (χ4v) is 1.91. The predicted octanol–water partition coefficient (Wildman–Crippen LogP) is 3.24. The molecule has 0 aromatic heterocycles. The molecule has 0 radical (unpaired) electrons. The Morgan fingerprint density at radius 1 is 1.31 bits per heavy atom. The highest BCUT2D eigenvalue weighted by Gasteiger charge is 2.14. The van der Waals surface area contributed by atoms with Crippen LogP contribution in [0.4, 0.5) is 0 Å². The molecule has 13 heavy (non-hydrogen) atoms. The van der Waals surface area contributed by atoms with Crippen LogP contribution in [0.25, 0.3) is 0 Å². The Bertz CT molecular complexity index is 294. The molecule has 0 aliphatic rings. The summed E-state index contributed by atoms with van der Waals surface area (Å²) in [5, 5.41) is 9.47. The van der Waals surface area contributed by atoms with E-state index in [-0.39, 0.29) is 12.0 Å². The molecule has 0 aliphatic carbocycles. The molecule has 2 heteroatoms. The zero-order valence-corrected chi connectivity index (χ0v) is 9.80. The van der Waals surface area contributed by atoms with Gasteiger partial charge in [-0.3, -0.25) is 0 Å². The van der Waals surface area contributed by atoms with E-state index in [4.69, 9.17) is 0 Å². The van der Waals surface area contributed by atoms with Crippen molar-refractivity contribution in [3.05, 3.63) is 33.8 Å². The molecule has 1 aromatic rings. The number of hydrogen-bond acceptors (Lipinski definition) is 1. The van der Waals surface area contributed by atoms with Gasteiger partial charge in [-0.25, -0.2) is 0 Å². The van der Waals surface area contributed by atoms with Gasteiger partial charge in [-0.1, -0.05) is 41.1 Å². The Hall–Kier alpha value is -0.340. The fourth-order valence-electron chi connectivity index (χ4n) is 1.28. The lowest BCUT2D eigenvalue weighted by Gasteiger charge is -2.17. The molecule has 1 N–H and O–H groups in total. The molecule has 0 saturated heterocycles. The zero-order chi connectivity index (χ0) is 10.0. The molecule has 0 unspecified atom stereocenters. The van der Waals surface area contributed by atoms with Crippen molar-refractivity contribution in [1.29, 1.82) is 0 Å². The van der Waals surface area contributed by atoms with Gasteiger partial charge in [-0.2, -0.15) is 0 Å². The van der Waals surface area contributed by atoms with Crippen molar-refractivity contribution in [3.8, 4) is 0 Å². The molecule has 0 aliphatic heterocycles. The normalized spacial score (nSPS) is 15.5. The molecular formula is C11H15BrO. The smallest absolute Gasteiger partial charge is 0.0578 e. The number of halogens is 1. The Balaban J connectivity index is 3.07. The van der Waals surface area contributed by atoms with Gasteiger partial charge in [0.05, 0.1) is 6.10 Å². The first-order valence-electron chi connectivity index (χ1n) is 4.47. The van der Waals surface area contributed by atoms with Gasteiger partial charge in [0.25, 0.3) is 0 Å². The first-order valence-corrected chi connectivity index (χ1v) is 5.26. The van der Waals surface area contributed by atoms with Crippen molar-refractivity contribution in [2.45, 2.75) is 32.8 Å². The number of benzene rings is 1. The third kappa shape index (κ3) is 2.32. The minimum Gasteiger partial charge on any atom is -0.393 e. The zero-order valence-electron chi connectivity index (χ0n) is 8.21. The average Bonchev–Trinajstić information content (AvgIpc) is 2.08. The van der Waals surface area contributed by atoms with Gasteiger partial charge in [0.2, 0.25) is 0 Å². The van der Waals surface area contributed by atoms with E-state index >= 15 is 0 Å². The second kappa shape index (κ2) is 4.25. The Labute approximate surface area is 87.9 Å². The predicted molar refractivity (Wildman–Crippen MR) is 59.0 cm³/mol. The molecule has 0 saturated carbocycles. The highest BCUT2D eigenvalue weighted by molar-refractivity contribution is 9.10. The standard InChI is InChI=1S/C11H15BrO/c1-7-5-4-6-10(11(7)12)8(2)9(3)13/h4-6,8-9,13H,1-3H3/t8-,9-/m0/s1. The molecule has 0 fully saturated rings. The molecule has 0 heterocycles. The van der Waals surface area contributed by atoms with E-state index in [2.05, 4.69) is 35.0 Å². The third-order valence-electron chi connectivity index (χ3n) is 2.44. The first-order chi connectivity index (χ1) is 6.04. The van der Waals surface area contributed by atoms with Crippen LogP contribution in [0.3, 0.4) is 0 Å². The van der Waals surface area contributed by atoms with E-state index in [0.29, 0.717) is 0 Å². The van der Waals surface area contributed by atoms with Crippen LogP contribution < -0.4 is 0 Å². The molecule has 1 rings (SSSR count). The number of hydrogen-bond donors (Lipinski definition) is 1. The molecule has 2 atom stereocenters. The first kappa shape index (κ1) is 10.7. The van der Waals surface area contributed by atoms with Crippen molar-refractivity contribution in [2.75, 3.05) is 0 Å². The van der Waals surface area contributed by atoms with Crippen LogP contribution in [-0.2, 0) is 0 Å². The Morgan fingerprint density at radius 3 is 2.46 bits per heavy atom. The van der Waals surface area contributed by atoms with Gasteiger partial charge in [0.1, 0.15) is 0 Å². The SMILES string of the molecule is Cc1cccc([C@@H](C)[C@H](C)O)c1Br. The number of aryl methyl sites for hydroxylation is 1. The highest BCUT2D eigenvalue weighted by atomic mass is 79.9. The lowest BCUT2D eigenvalue weighted by Crippen LogP contribution is -2.11. The van der Waals surface area contributed by atoms with Crippen molar-refractivity contribution in [2.24, 2.45) is 0 Å². The quantitative estimate of drug-likeness (QED) is 0.845. The minimum absolute atomic E-state index is 0.175. The lowest BCUT2D eigenvalue weighted by atomic mass is 9.95. The van der Waals surface area contributed by atoms with Crippen molar-refractivity contribution in [1.82, 2.24) is 0 Å². The lowest BCUT2D eigenvalue weighted by molar-refractivity contribution is 0.168. The van der Waals surface area contributed by atoms with Gasteiger partial charge in [0.15, 0.2) is 0 Å². The second-order valence-electron chi connectivity index (χ2n) is 3.51. The number of aliphatic hydroxyl groups is 1. The van der Waals surface area contributed by atoms with Crippen LogP contribution in [0.1, 0.15) is 30.9 Å². The van der Waals surface area contributed by atoms with E-state index in [9.17, 15) is 5.11 Å². The van der Waals surface area contributed by atoms with E-state index in [1.54, 1.807) is 0 Å². The largest absolute Gasteiger partial charge is 0.393 e. The topological polar surface area (TPSA) is 20.2 Å². The molecule has 1 aromatic carbocycles. The van der Waals surface area contributed by atoms with Gasteiger partial charge in [-0.05, 0) is 25.0 Å². The van der Waals surface area contributed by atoms with Crippen LogP contribution in [0.15, 0.2) is 22.7 Å². The molecule has 0 amide bonds. The summed E-state index contributed by atoms with van der Waals surface area (Å²) in [5.41, 5.74) is 2.39. The van der Waals surface area contributed by atoms with Crippen LogP contribution in [-0.4, -0.2) is 11.2 Å². The molecule has 1 nitrogen and oxygen atoms in total. The summed E-state index contributed by atoms with van der Waals surface area (Å²) in [7, 11) is 0. The summed E-state index contributed by atoms with van der Waals surface area (Å²) < 4.78 is 1.11. The van der Waals surface area contributed by atoms with Crippen LogP contribution in [0, 0.1) is 6.92 Å². The maximum atomic E-state index is 9.47. The molecular weight excluding hydrogens is 228 g/mol. The van der Waals surface area contributed by atoms with Crippen molar-refractivity contribution < 1.29 is 5.11 Å². The third-order valence-corrected chi connectivity index (χ3v) is 3.52. The van der Waals surface area contributed by atoms with Gasteiger partial charge in [0, 0.05) is 10.4 Å². The van der Waals surface area contributed by atoms with Crippen LogP contribution in [0.2, 0.25) is 0 Å². The van der Waals surface area contributed by atoms with Crippen LogP contribution in [0.5, 0.6) is 0 Å². The second-order valence-corrected chi connectivity index (χ2v) is 4.30. The Morgan fingerprint density at radius 2 is 1.92 bits per heavy atom. The maximum absolute atomic E-state index is 9.47. The summed E-state index contributed by atoms with van der Waals surface area (Å²) in [6.45, 7) is 5.91. The van der Waals surface area contributed by atoms with Crippen LogP contribution >= 0.6 is 15.9 Å². The summed E-state index contributed by atoms with van der Waals surface area (Å²) in [5.74, 6) is 0.175. The number of rotatable bonds is 2. The molecule has 72 valence electrons. The monoisotopic (exact) mass is 242 g/mol. The summed E-state index contributed by atoms with van der Waals surface area (Å²) in [6.07, 6.45) is -0.307.